The summed E-state index contributed by atoms with van der Waals surface area (Å²) in [6.45, 7) is 0.952. The monoisotopic (exact) mass is 185 g/mol. The Morgan fingerprint density at radius 3 is 3.21 bits per heavy atom. The maximum absolute atomic E-state index is 4.27. The van der Waals surface area contributed by atoms with Gasteiger partial charge < -0.3 is 5.32 Å². The van der Waals surface area contributed by atoms with Gasteiger partial charge in [-0.2, -0.15) is 0 Å². The third kappa shape index (κ3) is 1.02. The summed E-state index contributed by atoms with van der Waals surface area (Å²) in [5.41, 5.74) is 2.61. The van der Waals surface area contributed by atoms with Crippen molar-refractivity contribution in [3.8, 4) is 5.69 Å². The summed E-state index contributed by atoms with van der Waals surface area (Å²) in [6, 6.07) is 8.45. The van der Waals surface area contributed by atoms with Crippen molar-refractivity contribution >= 4 is 5.95 Å². The number of hydrogen-bond acceptors (Lipinski definition) is 2. The van der Waals surface area contributed by atoms with Crippen LogP contribution in [0.5, 0.6) is 0 Å². The van der Waals surface area contributed by atoms with Crippen LogP contribution in [0.25, 0.3) is 5.69 Å². The fraction of sp³-hybridized carbons (Fsp3) is 0.182. The lowest BCUT2D eigenvalue weighted by molar-refractivity contribution is 1.02. The standard InChI is InChI=1S/C11H11N3/c1-2-4-10-9(3-1)5-6-12-11-13-7-8-14(10)11/h1-4,7-8H,5-6H2,(H,12,13). The second-order valence-electron chi connectivity index (χ2n) is 3.43. The molecule has 0 atom stereocenters. The number of fused-ring (bicyclic) bond motifs is 3. The van der Waals surface area contributed by atoms with Crippen LogP contribution in [0.1, 0.15) is 5.56 Å². The molecule has 2 heterocycles. The molecule has 0 unspecified atom stereocenters. The van der Waals surface area contributed by atoms with E-state index >= 15 is 0 Å². The maximum Gasteiger partial charge on any atom is 0.207 e. The molecule has 70 valence electrons. The molecular weight excluding hydrogens is 174 g/mol. The van der Waals surface area contributed by atoms with Gasteiger partial charge in [0.05, 0.1) is 5.69 Å². The minimum absolute atomic E-state index is 0.940. The fourth-order valence-corrected chi connectivity index (χ4v) is 1.89. The van der Waals surface area contributed by atoms with Crippen LogP contribution in [-0.4, -0.2) is 16.1 Å². The number of anilines is 1. The molecule has 0 fully saturated rings. The van der Waals surface area contributed by atoms with Crippen LogP contribution in [0.15, 0.2) is 36.7 Å². The molecule has 0 amide bonds. The van der Waals surface area contributed by atoms with E-state index in [4.69, 9.17) is 0 Å². The number of imidazole rings is 1. The quantitative estimate of drug-likeness (QED) is 0.678. The van der Waals surface area contributed by atoms with Crippen LogP contribution in [0.3, 0.4) is 0 Å². The zero-order valence-corrected chi connectivity index (χ0v) is 7.77. The van der Waals surface area contributed by atoms with Gasteiger partial charge in [-0.15, -0.1) is 0 Å². The second-order valence-corrected chi connectivity index (χ2v) is 3.43. The molecule has 0 saturated carbocycles. The van der Waals surface area contributed by atoms with Crippen LogP contribution in [0.2, 0.25) is 0 Å². The average Bonchev–Trinajstić information content (AvgIpc) is 2.61. The van der Waals surface area contributed by atoms with Gasteiger partial charge in [0.1, 0.15) is 0 Å². The van der Waals surface area contributed by atoms with E-state index in [2.05, 4.69) is 39.1 Å². The van der Waals surface area contributed by atoms with Crippen LogP contribution in [0.4, 0.5) is 5.95 Å². The van der Waals surface area contributed by atoms with Crippen molar-refractivity contribution in [1.29, 1.82) is 0 Å². The van der Waals surface area contributed by atoms with Crippen molar-refractivity contribution in [2.75, 3.05) is 11.9 Å². The van der Waals surface area contributed by atoms with Crippen molar-refractivity contribution < 1.29 is 0 Å². The molecule has 0 radical (unpaired) electrons. The second kappa shape index (κ2) is 2.87. The number of benzene rings is 1. The molecule has 1 aromatic carbocycles. The number of para-hydroxylation sites is 1. The van der Waals surface area contributed by atoms with Crippen LogP contribution >= 0.6 is 0 Å². The molecule has 1 N–H and O–H groups in total. The zero-order chi connectivity index (χ0) is 9.38. The van der Waals surface area contributed by atoms with E-state index < -0.39 is 0 Å². The third-order valence-corrected chi connectivity index (χ3v) is 2.57. The van der Waals surface area contributed by atoms with Gasteiger partial charge in [0, 0.05) is 18.9 Å². The van der Waals surface area contributed by atoms with Crippen molar-refractivity contribution in [3.05, 3.63) is 42.2 Å². The third-order valence-electron chi connectivity index (χ3n) is 2.57. The highest BCUT2D eigenvalue weighted by molar-refractivity contribution is 5.49. The first-order valence-corrected chi connectivity index (χ1v) is 4.81. The van der Waals surface area contributed by atoms with Gasteiger partial charge in [-0.05, 0) is 18.1 Å². The first-order valence-electron chi connectivity index (χ1n) is 4.81. The molecular formula is C11H11N3. The first-order chi connectivity index (χ1) is 6.95. The maximum atomic E-state index is 4.27. The molecule has 0 spiro atoms. The lowest BCUT2D eigenvalue weighted by atomic mass is 10.1. The van der Waals surface area contributed by atoms with Crippen LogP contribution < -0.4 is 5.32 Å². The Bertz CT molecular complexity index is 459. The minimum atomic E-state index is 0.940. The van der Waals surface area contributed by atoms with E-state index in [1.807, 2.05) is 12.4 Å². The van der Waals surface area contributed by atoms with E-state index in [1.54, 1.807) is 0 Å². The molecule has 14 heavy (non-hydrogen) atoms. The van der Waals surface area contributed by atoms with Gasteiger partial charge in [0.25, 0.3) is 0 Å². The van der Waals surface area contributed by atoms with Crippen molar-refractivity contribution in [1.82, 2.24) is 9.55 Å². The van der Waals surface area contributed by atoms with E-state index in [0.29, 0.717) is 0 Å². The average molecular weight is 185 g/mol. The molecule has 3 nitrogen and oxygen atoms in total. The Labute approximate surface area is 82.4 Å². The lowest BCUT2D eigenvalue weighted by Crippen LogP contribution is -2.03. The Kier molecular flexibility index (Phi) is 1.56. The number of aromatic nitrogens is 2. The van der Waals surface area contributed by atoms with Gasteiger partial charge in [0.15, 0.2) is 0 Å². The molecule has 1 aromatic heterocycles. The highest BCUT2D eigenvalue weighted by Gasteiger charge is 2.11. The van der Waals surface area contributed by atoms with Crippen molar-refractivity contribution in [2.24, 2.45) is 0 Å². The Morgan fingerprint density at radius 2 is 2.21 bits per heavy atom. The molecule has 3 rings (SSSR count). The SMILES string of the molecule is c1ccc2c(c1)CCNc1nccn1-2. The van der Waals surface area contributed by atoms with Gasteiger partial charge in [-0.3, -0.25) is 4.57 Å². The van der Waals surface area contributed by atoms with Gasteiger partial charge in [-0.1, -0.05) is 18.2 Å². The highest BCUT2D eigenvalue weighted by atomic mass is 15.2. The largest absolute Gasteiger partial charge is 0.355 e. The normalized spacial score (nSPS) is 13.7. The first kappa shape index (κ1) is 7.62. The van der Waals surface area contributed by atoms with Gasteiger partial charge >= 0.3 is 0 Å². The summed E-state index contributed by atoms with van der Waals surface area (Å²) in [5, 5.41) is 3.30. The van der Waals surface area contributed by atoms with E-state index in [-0.39, 0.29) is 0 Å². The molecule has 0 aliphatic carbocycles. The number of rotatable bonds is 0. The van der Waals surface area contributed by atoms with Crippen LogP contribution in [-0.2, 0) is 6.42 Å². The molecule has 1 aliphatic rings. The summed E-state index contributed by atoms with van der Waals surface area (Å²) >= 11 is 0. The van der Waals surface area contributed by atoms with E-state index in [0.717, 1.165) is 18.9 Å². The van der Waals surface area contributed by atoms with Crippen LogP contribution in [0, 0.1) is 0 Å². The topological polar surface area (TPSA) is 29.9 Å². The zero-order valence-electron chi connectivity index (χ0n) is 7.77. The van der Waals surface area contributed by atoms with Crippen molar-refractivity contribution in [2.45, 2.75) is 6.42 Å². The van der Waals surface area contributed by atoms with Crippen molar-refractivity contribution in [3.63, 3.8) is 0 Å². The van der Waals surface area contributed by atoms with E-state index in [9.17, 15) is 0 Å². The van der Waals surface area contributed by atoms with Gasteiger partial charge in [0.2, 0.25) is 5.95 Å². The number of hydrogen-bond donors (Lipinski definition) is 1. The highest BCUT2D eigenvalue weighted by Crippen LogP contribution is 2.21. The Balaban J connectivity index is 2.27. The summed E-state index contributed by atoms with van der Waals surface area (Å²) in [5.74, 6) is 0.940. The summed E-state index contributed by atoms with van der Waals surface area (Å²) in [6.07, 6.45) is 4.87. The molecule has 3 heteroatoms. The number of nitrogens with zero attached hydrogens (tertiary/aromatic N) is 2. The Hall–Kier alpha value is -1.77. The number of nitrogens with one attached hydrogen (secondary N) is 1. The summed E-state index contributed by atoms with van der Waals surface area (Å²) in [4.78, 5) is 4.27. The van der Waals surface area contributed by atoms with E-state index in [1.165, 1.54) is 11.3 Å². The predicted molar refractivity (Wildman–Crippen MR) is 55.8 cm³/mol. The molecule has 2 aromatic rings. The summed E-state index contributed by atoms with van der Waals surface area (Å²) in [7, 11) is 0. The molecule has 1 aliphatic heterocycles. The molecule has 0 saturated heterocycles. The minimum Gasteiger partial charge on any atom is -0.355 e. The molecule has 0 bridgehead atoms. The predicted octanol–water partition coefficient (Wildman–Crippen LogP) is 1.84. The smallest absolute Gasteiger partial charge is 0.207 e. The summed E-state index contributed by atoms with van der Waals surface area (Å²) < 4.78 is 2.10. The van der Waals surface area contributed by atoms with Gasteiger partial charge in [-0.25, -0.2) is 4.98 Å². The Morgan fingerprint density at radius 1 is 1.29 bits per heavy atom. The lowest BCUT2D eigenvalue weighted by Gasteiger charge is -2.06. The fourth-order valence-electron chi connectivity index (χ4n) is 1.89.